The van der Waals surface area contributed by atoms with Crippen molar-refractivity contribution in [1.29, 1.82) is 0 Å². The molecule has 45 heavy (non-hydrogen) atoms. The van der Waals surface area contributed by atoms with E-state index in [1.54, 1.807) is 14.0 Å². The van der Waals surface area contributed by atoms with Crippen LogP contribution in [0.1, 0.15) is 83.5 Å². The number of amides is 3. The first-order chi connectivity index (χ1) is 21.5. The molecule has 240 valence electrons. The highest BCUT2D eigenvalue weighted by atomic mass is 16.5. The minimum atomic E-state index is -1.09. The first kappa shape index (κ1) is 32.3. The van der Waals surface area contributed by atoms with E-state index in [-0.39, 0.29) is 23.8 Å². The van der Waals surface area contributed by atoms with Crippen LogP contribution in [0.15, 0.2) is 41.4 Å². The Morgan fingerprint density at radius 2 is 1.71 bits per heavy atom. The van der Waals surface area contributed by atoms with Gasteiger partial charge in [0, 0.05) is 24.7 Å². The largest absolute Gasteiger partial charge is 0.451 e. The van der Waals surface area contributed by atoms with Gasteiger partial charge < -0.3 is 15.4 Å². The Kier molecular flexibility index (Phi) is 9.67. The molecule has 1 saturated carbocycles. The van der Waals surface area contributed by atoms with Crippen molar-refractivity contribution in [3.63, 3.8) is 0 Å². The molecular weight excluding hydrogens is 572 g/mol. The van der Waals surface area contributed by atoms with Gasteiger partial charge in [0.1, 0.15) is 12.1 Å². The smallest absolute Gasteiger partial charge is 0.316 e. The van der Waals surface area contributed by atoms with Gasteiger partial charge in [-0.3, -0.25) is 34.2 Å². The number of nitrogens with zero attached hydrogens (tertiary/aromatic N) is 3. The molecular formula is C34H44N6O5. The van der Waals surface area contributed by atoms with E-state index in [0.29, 0.717) is 50.8 Å². The number of nitrogens with one attached hydrogen (secondary N) is 3. The number of hydrogen-bond acceptors (Lipinski definition) is 8. The lowest BCUT2D eigenvalue weighted by molar-refractivity contribution is -0.167. The normalized spacial score (nSPS) is 29.4. The van der Waals surface area contributed by atoms with Crippen LogP contribution in [0.5, 0.6) is 0 Å². The Morgan fingerprint density at radius 1 is 1.00 bits per heavy atom. The van der Waals surface area contributed by atoms with Crippen molar-refractivity contribution < 1.29 is 23.9 Å². The molecule has 3 amide bonds. The Bertz CT molecular complexity index is 1520. The lowest BCUT2D eigenvalue weighted by Crippen LogP contribution is -2.61. The van der Waals surface area contributed by atoms with E-state index in [1.165, 1.54) is 5.01 Å². The molecule has 1 saturated heterocycles. The summed E-state index contributed by atoms with van der Waals surface area (Å²) in [5, 5.41) is 8.14. The summed E-state index contributed by atoms with van der Waals surface area (Å²) in [6.45, 7) is 7.49. The summed E-state index contributed by atoms with van der Waals surface area (Å²) in [6.07, 6.45) is 6.22. The topological polar surface area (TPSA) is 142 Å². The van der Waals surface area contributed by atoms with Gasteiger partial charge in [-0.1, -0.05) is 44.2 Å². The number of hydrogen-bond donors (Lipinski definition) is 3. The first-order valence-electron chi connectivity index (χ1n) is 15.9. The second-order valence-corrected chi connectivity index (χ2v) is 12.8. The van der Waals surface area contributed by atoms with Crippen LogP contribution in [0.4, 0.5) is 0 Å². The van der Waals surface area contributed by atoms with Gasteiger partial charge in [0.2, 0.25) is 5.91 Å². The quantitative estimate of drug-likeness (QED) is 0.416. The average molecular weight is 617 g/mol. The molecule has 5 rings (SSSR count). The second kappa shape index (κ2) is 13.5. The van der Waals surface area contributed by atoms with E-state index in [4.69, 9.17) is 9.72 Å². The molecule has 4 atom stereocenters. The number of carbonyl (C=O) groups excluding carboxylic acids is 4. The number of fused-ring (bicyclic) bond motifs is 4. The zero-order valence-electron chi connectivity index (χ0n) is 26.8. The maximum absolute atomic E-state index is 14.0. The van der Waals surface area contributed by atoms with Gasteiger partial charge in [-0.2, -0.15) is 0 Å². The van der Waals surface area contributed by atoms with Crippen LogP contribution >= 0.6 is 0 Å². The van der Waals surface area contributed by atoms with E-state index in [0.717, 1.165) is 22.2 Å². The van der Waals surface area contributed by atoms with Gasteiger partial charge in [-0.15, -0.1) is 0 Å². The van der Waals surface area contributed by atoms with Crippen LogP contribution < -0.4 is 16.1 Å². The monoisotopic (exact) mass is 616 g/mol. The molecule has 0 unspecified atom stereocenters. The highest BCUT2D eigenvalue weighted by Crippen LogP contribution is 2.39. The number of pyridine rings is 1. The molecule has 3 N–H and O–H groups in total. The molecule has 5 bridgehead atoms. The van der Waals surface area contributed by atoms with Crippen molar-refractivity contribution in [2.24, 2.45) is 16.3 Å². The zero-order chi connectivity index (χ0) is 32.3. The third-order valence-corrected chi connectivity index (χ3v) is 9.17. The average Bonchev–Trinajstić information content (AvgIpc) is 3.04. The van der Waals surface area contributed by atoms with Crippen LogP contribution in [0.2, 0.25) is 0 Å². The summed E-state index contributed by atoms with van der Waals surface area (Å²) in [5.74, 6) is -1.95. The number of benzene rings is 1. The Morgan fingerprint density at radius 3 is 2.42 bits per heavy atom. The van der Waals surface area contributed by atoms with Crippen molar-refractivity contribution >= 4 is 46.4 Å². The van der Waals surface area contributed by atoms with Crippen molar-refractivity contribution in [3.8, 4) is 0 Å². The summed E-state index contributed by atoms with van der Waals surface area (Å²) in [5.41, 5.74) is 5.49. The molecule has 11 heteroatoms. The van der Waals surface area contributed by atoms with Crippen LogP contribution in [0.3, 0.4) is 0 Å². The van der Waals surface area contributed by atoms with E-state index in [2.05, 4.69) is 21.1 Å². The molecule has 2 aromatic rings. The minimum Gasteiger partial charge on any atom is -0.451 e. The van der Waals surface area contributed by atoms with Crippen LogP contribution in [0.25, 0.3) is 17.0 Å². The number of esters is 1. The Balaban J connectivity index is 1.54. The number of aromatic nitrogens is 1. The minimum absolute atomic E-state index is 0.234. The van der Waals surface area contributed by atoms with Gasteiger partial charge in [0.15, 0.2) is 6.10 Å². The molecule has 1 spiro atoms. The van der Waals surface area contributed by atoms with Gasteiger partial charge in [0.25, 0.3) is 11.8 Å². The van der Waals surface area contributed by atoms with E-state index in [9.17, 15) is 19.2 Å². The summed E-state index contributed by atoms with van der Waals surface area (Å²) in [7, 11) is 1.77. The number of ether oxygens (including phenoxy) is 1. The standard InChI is InChI=1S/C34H44N6O5/c1-20(2)29-31(42)37-22(4)32(43)40-18-6-7-27(39-40)30(41)36-21(3)26-11-10-24-9-8-23(19-28(24)38-26)12-15-34(33(44)45-29)16-13-25(35-5)14-17-34/h8-12,15,19-22,27,29,39H,6-7,13-14,16-18H2,1-5H3,(H,36,41)(H,37,42)/b15-12+,35-25?/t21-,22+,27+,29+,34?/m1/s1. The van der Waals surface area contributed by atoms with Crippen LogP contribution in [-0.4, -0.2) is 71.2 Å². The van der Waals surface area contributed by atoms with Gasteiger partial charge in [0.05, 0.1) is 22.7 Å². The molecule has 3 heterocycles. The third-order valence-electron chi connectivity index (χ3n) is 9.17. The third kappa shape index (κ3) is 7.08. The van der Waals surface area contributed by atoms with Crippen molar-refractivity contribution in [3.05, 3.63) is 47.7 Å². The molecule has 11 nitrogen and oxygen atoms in total. The van der Waals surface area contributed by atoms with Gasteiger partial charge in [-0.25, -0.2) is 5.43 Å². The highest BCUT2D eigenvalue weighted by Gasteiger charge is 2.43. The molecule has 2 aliphatic heterocycles. The summed E-state index contributed by atoms with van der Waals surface area (Å²) in [4.78, 5) is 63.4. The van der Waals surface area contributed by atoms with Crippen LogP contribution in [0, 0.1) is 11.3 Å². The number of hydrazine groups is 1. The van der Waals surface area contributed by atoms with Crippen molar-refractivity contribution in [2.75, 3.05) is 13.6 Å². The second-order valence-electron chi connectivity index (χ2n) is 12.8. The molecule has 1 aromatic heterocycles. The van der Waals surface area contributed by atoms with E-state index < -0.39 is 35.5 Å². The van der Waals surface area contributed by atoms with Crippen LogP contribution in [-0.2, 0) is 23.9 Å². The lowest BCUT2D eigenvalue weighted by atomic mass is 9.72. The Hall–Kier alpha value is -4.12. The summed E-state index contributed by atoms with van der Waals surface area (Å²) < 4.78 is 6.01. The first-order valence-corrected chi connectivity index (χ1v) is 15.9. The lowest BCUT2D eigenvalue weighted by Gasteiger charge is -2.36. The van der Waals surface area contributed by atoms with Crippen molar-refractivity contribution in [2.45, 2.75) is 90.4 Å². The van der Waals surface area contributed by atoms with Crippen molar-refractivity contribution in [1.82, 2.24) is 26.1 Å². The summed E-state index contributed by atoms with van der Waals surface area (Å²) >= 11 is 0. The Labute approximate surface area is 264 Å². The fourth-order valence-electron chi connectivity index (χ4n) is 6.24. The fourth-order valence-corrected chi connectivity index (χ4v) is 6.24. The maximum Gasteiger partial charge on any atom is 0.316 e. The molecule has 0 radical (unpaired) electrons. The number of cyclic esters (lactones) is 1. The molecule has 2 fully saturated rings. The number of aliphatic imine (C=N–C) groups is 1. The fraction of sp³-hybridized carbons (Fsp3) is 0.529. The summed E-state index contributed by atoms with van der Waals surface area (Å²) in [6, 6.07) is 7.90. The highest BCUT2D eigenvalue weighted by molar-refractivity contribution is 5.93. The van der Waals surface area contributed by atoms with E-state index >= 15 is 0 Å². The number of carbonyl (C=O) groups is 4. The zero-order valence-corrected chi connectivity index (χ0v) is 26.8. The van der Waals surface area contributed by atoms with E-state index in [1.807, 2.05) is 63.3 Å². The molecule has 1 aliphatic carbocycles. The SMILES string of the molecule is CN=C1CCC2(/C=C/c3ccc4ccc(nc4c3)[C@@H](C)NC(=O)[C@@H]3CCCN(N3)C(=O)[C@H](C)NC(=O)[C@H](C(C)C)OC2=O)CC1. The molecule has 1 aromatic carbocycles. The molecule has 3 aliphatic rings. The van der Waals surface area contributed by atoms with Gasteiger partial charge >= 0.3 is 5.97 Å². The number of rotatable bonds is 1. The predicted molar refractivity (Wildman–Crippen MR) is 172 cm³/mol. The predicted octanol–water partition coefficient (Wildman–Crippen LogP) is 3.64. The maximum atomic E-state index is 14.0. The van der Waals surface area contributed by atoms with Gasteiger partial charge in [-0.05, 0) is 76.0 Å².